The van der Waals surface area contributed by atoms with Crippen LogP contribution in [0, 0.1) is 0 Å². The molecule has 6 nitrogen and oxygen atoms in total. The predicted octanol–water partition coefficient (Wildman–Crippen LogP) is 0.643. The maximum atomic E-state index is 12.1. The number of hydrogen-bond acceptors (Lipinski definition) is 5. The SMILES string of the molecule is CCN(C(=O)CCc1cocn1)C1CCS(=O)(=O)C1. The zero-order chi connectivity index (χ0) is 13.9. The second-order valence-corrected chi connectivity index (χ2v) is 6.95. The molecule has 1 aromatic rings. The van der Waals surface area contributed by atoms with Crippen LogP contribution in [0.15, 0.2) is 17.1 Å². The molecular weight excluding hydrogens is 268 g/mol. The van der Waals surface area contributed by atoms with Crippen LogP contribution in [0.25, 0.3) is 0 Å². The van der Waals surface area contributed by atoms with Crippen LogP contribution in [-0.2, 0) is 21.1 Å². The Labute approximate surface area is 112 Å². The second kappa shape index (κ2) is 5.73. The smallest absolute Gasteiger partial charge is 0.223 e. The molecule has 0 aromatic carbocycles. The first-order valence-corrected chi connectivity index (χ1v) is 8.21. The minimum Gasteiger partial charge on any atom is -0.451 e. The number of rotatable bonds is 5. The Bertz CT molecular complexity index is 524. The molecule has 0 aliphatic carbocycles. The zero-order valence-corrected chi connectivity index (χ0v) is 11.7. The van der Waals surface area contributed by atoms with E-state index in [9.17, 15) is 13.2 Å². The molecule has 1 saturated heterocycles. The van der Waals surface area contributed by atoms with Gasteiger partial charge in [0.1, 0.15) is 6.26 Å². The Morgan fingerprint density at radius 3 is 2.89 bits per heavy atom. The van der Waals surface area contributed by atoms with Gasteiger partial charge in [-0.2, -0.15) is 0 Å². The van der Waals surface area contributed by atoms with Crippen LogP contribution >= 0.6 is 0 Å². The Balaban J connectivity index is 1.92. The van der Waals surface area contributed by atoms with Crippen LogP contribution in [0.2, 0.25) is 0 Å². The molecule has 106 valence electrons. The Morgan fingerprint density at radius 1 is 1.58 bits per heavy atom. The molecule has 1 aromatic heterocycles. The summed E-state index contributed by atoms with van der Waals surface area (Å²) in [5, 5.41) is 0. The van der Waals surface area contributed by atoms with Crippen molar-refractivity contribution < 1.29 is 17.6 Å². The zero-order valence-electron chi connectivity index (χ0n) is 10.9. The molecule has 2 rings (SSSR count). The summed E-state index contributed by atoms with van der Waals surface area (Å²) in [4.78, 5) is 17.8. The summed E-state index contributed by atoms with van der Waals surface area (Å²) in [5.41, 5.74) is 0.739. The average molecular weight is 286 g/mol. The summed E-state index contributed by atoms with van der Waals surface area (Å²) < 4.78 is 27.8. The van der Waals surface area contributed by atoms with Crippen LogP contribution in [-0.4, -0.2) is 48.3 Å². The van der Waals surface area contributed by atoms with Gasteiger partial charge in [-0.3, -0.25) is 4.79 Å². The van der Waals surface area contributed by atoms with Crippen molar-refractivity contribution in [1.29, 1.82) is 0 Å². The van der Waals surface area contributed by atoms with Crippen LogP contribution in [0.4, 0.5) is 0 Å². The highest BCUT2D eigenvalue weighted by molar-refractivity contribution is 7.91. The van der Waals surface area contributed by atoms with Gasteiger partial charge in [0, 0.05) is 25.4 Å². The molecule has 1 aliphatic heterocycles. The molecule has 0 N–H and O–H groups in total. The van der Waals surface area contributed by atoms with Crippen LogP contribution in [0.5, 0.6) is 0 Å². The molecule has 7 heteroatoms. The normalized spacial score (nSPS) is 21.4. The lowest BCUT2D eigenvalue weighted by molar-refractivity contribution is -0.132. The van der Waals surface area contributed by atoms with Crippen molar-refractivity contribution in [1.82, 2.24) is 9.88 Å². The quantitative estimate of drug-likeness (QED) is 0.793. The number of aromatic nitrogens is 1. The average Bonchev–Trinajstić information content (AvgIpc) is 2.97. The summed E-state index contributed by atoms with van der Waals surface area (Å²) in [7, 11) is -2.96. The van der Waals surface area contributed by atoms with E-state index in [-0.39, 0.29) is 23.5 Å². The highest BCUT2D eigenvalue weighted by atomic mass is 32.2. The minimum atomic E-state index is -2.96. The first kappa shape index (κ1) is 14.0. The molecule has 1 amide bonds. The topological polar surface area (TPSA) is 80.5 Å². The Morgan fingerprint density at radius 2 is 2.37 bits per heavy atom. The van der Waals surface area contributed by atoms with Crippen molar-refractivity contribution in [2.24, 2.45) is 0 Å². The van der Waals surface area contributed by atoms with Crippen molar-refractivity contribution >= 4 is 15.7 Å². The fourth-order valence-electron chi connectivity index (χ4n) is 2.40. The van der Waals surface area contributed by atoms with E-state index >= 15 is 0 Å². The second-order valence-electron chi connectivity index (χ2n) is 4.72. The molecule has 1 aliphatic rings. The van der Waals surface area contributed by atoms with Gasteiger partial charge in [0.25, 0.3) is 0 Å². The molecule has 1 unspecified atom stereocenters. The fourth-order valence-corrected chi connectivity index (χ4v) is 4.13. The van der Waals surface area contributed by atoms with Crippen molar-refractivity contribution in [2.45, 2.75) is 32.2 Å². The standard InChI is InChI=1S/C12H18N2O4S/c1-2-14(11-5-6-19(16,17)8-11)12(15)4-3-10-7-18-9-13-10/h7,9,11H,2-6,8H2,1H3. The summed E-state index contributed by atoms with van der Waals surface area (Å²) in [6, 6.07) is -0.167. The molecule has 0 spiro atoms. The number of oxazole rings is 1. The van der Waals surface area contributed by atoms with E-state index in [1.54, 1.807) is 4.90 Å². The maximum absolute atomic E-state index is 12.1. The Hall–Kier alpha value is -1.37. The molecular formula is C12H18N2O4S. The van der Waals surface area contributed by atoms with Gasteiger partial charge in [0.05, 0.1) is 17.2 Å². The molecule has 1 fully saturated rings. The van der Waals surface area contributed by atoms with E-state index in [0.29, 0.717) is 25.8 Å². The van der Waals surface area contributed by atoms with E-state index in [2.05, 4.69) is 4.98 Å². The lowest BCUT2D eigenvalue weighted by atomic mass is 10.1. The van der Waals surface area contributed by atoms with Gasteiger partial charge in [0.2, 0.25) is 5.91 Å². The van der Waals surface area contributed by atoms with Gasteiger partial charge in [-0.1, -0.05) is 0 Å². The third-order valence-electron chi connectivity index (χ3n) is 3.39. The third kappa shape index (κ3) is 3.56. The van der Waals surface area contributed by atoms with E-state index in [1.165, 1.54) is 12.7 Å². The highest BCUT2D eigenvalue weighted by Gasteiger charge is 2.33. The van der Waals surface area contributed by atoms with Crippen LogP contribution < -0.4 is 0 Å². The maximum Gasteiger partial charge on any atom is 0.223 e. The third-order valence-corrected chi connectivity index (χ3v) is 5.14. The van der Waals surface area contributed by atoms with Crippen molar-refractivity contribution in [2.75, 3.05) is 18.1 Å². The molecule has 0 saturated carbocycles. The van der Waals surface area contributed by atoms with E-state index in [1.807, 2.05) is 6.92 Å². The monoisotopic (exact) mass is 286 g/mol. The van der Waals surface area contributed by atoms with E-state index in [0.717, 1.165) is 5.69 Å². The van der Waals surface area contributed by atoms with Gasteiger partial charge < -0.3 is 9.32 Å². The number of hydrogen-bond donors (Lipinski definition) is 0. The van der Waals surface area contributed by atoms with E-state index < -0.39 is 9.84 Å². The molecule has 1 atom stereocenters. The van der Waals surface area contributed by atoms with Gasteiger partial charge in [-0.05, 0) is 13.3 Å². The summed E-state index contributed by atoms with van der Waals surface area (Å²) in [5.74, 6) is 0.258. The van der Waals surface area contributed by atoms with Crippen LogP contribution in [0.1, 0.15) is 25.5 Å². The van der Waals surface area contributed by atoms with Gasteiger partial charge >= 0.3 is 0 Å². The number of amides is 1. The minimum absolute atomic E-state index is 0.0207. The largest absolute Gasteiger partial charge is 0.451 e. The van der Waals surface area contributed by atoms with Crippen molar-refractivity contribution in [3.63, 3.8) is 0 Å². The molecule has 2 heterocycles. The number of nitrogens with zero attached hydrogens (tertiary/aromatic N) is 2. The van der Waals surface area contributed by atoms with Crippen LogP contribution in [0.3, 0.4) is 0 Å². The van der Waals surface area contributed by atoms with E-state index in [4.69, 9.17) is 4.42 Å². The highest BCUT2D eigenvalue weighted by Crippen LogP contribution is 2.18. The number of carbonyl (C=O) groups is 1. The molecule has 0 radical (unpaired) electrons. The number of carbonyl (C=O) groups excluding carboxylic acids is 1. The summed E-state index contributed by atoms with van der Waals surface area (Å²) in [6.07, 6.45) is 4.25. The summed E-state index contributed by atoms with van der Waals surface area (Å²) in [6.45, 7) is 2.41. The summed E-state index contributed by atoms with van der Waals surface area (Å²) >= 11 is 0. The number of sulfone groups is 1. The number of aryl methyl sites for hydroxylation is 1. The first-order chi connectivity index (χ1) is 9.02. The van der Waals surface area contributed by atoms with Crippen molar-refractivity contribution in [3.8, 4) is 0 Å². The van der Waals surface area contributed by atoms with Crippen molar-refractivity contribution in [3.05, 3.63) is 18.4 Å². The lowest BCUT2D eigenvalue weighted by Gasteiger charge is -2.26. The van der Waals surface area contributed by atoms with Gasteiger partial charge in [0.15, 0.2) is 16.2 Å². The molecule has 19 heavy (non-hydrogen) atoms. The Kier molecular flexibility index (Phi) is 4.24. The predicted molar refractivity (Wildman–Crippen MR) is 69.3 cm³/mol. The van der Waals surface area contributed by atoms with Gasteiger partial charge in [-0.15, -0.1) is 0 Å². The van der Waals surface area contributed by atoms with Gasteiger partial charge in [-0.25, -0.2) is 13.4 Å². The lowest BCUT2D eigenvalue weighted by Crippen LogP contribution is -2.41. The first-order valence-electron chi connectivity index (χ1n) is 6.39. The fraction of sp³-hybridized carbons (Fsp3) is 0.667. The molecule has 0 bridgehead atoms.